The highest BCUT2D eigenvalue weighted by Gasteiger charge is 2.41. The lowest BCUT2D eigenvalue weighted by Gasteiger charge is -2.30. The molecule has 1 fully saturated rings. The van der Waals surface area contributed by atoms with E-state index >= 15 is 0 Å². The van der Waals surface area contributed by atoms with Gasteiger partial charge in [0, 0.05) is 48.9 Å². The highest BCUT2D eigenvalue weighted by molar-refractivity contribution is 6.01. The first-order valence-corrected chi connectivity index (χ1v) is 31.2. The van der Waals surface area contributed by atoms with E-state index in [0.29, 0.717) is 42.3 Å². The number of hydrogen-bond donors (Lipinski definition) is 15. The lowest BCUT2D eigenvalue weighted by molar-refractivity contribution is -0.406. The van der Waals surface area contributed by atoms with Crippen molar-refractivity contribution in [1.29, 1.82) is 0 Å². The van der Waals surface area contributed by atoms with Crippen LogP contribution in [0.5, 0.6) is 0 Å². The monoisotopic (exact) mass is 1310 g/mol. The number of carboxylic acids is 2. The van der Waals surface area contributed by atoms with E-state index in [1.54, 1.807) is 51.2 Å². The van der Waals surface area contributed by atoms with Gasteiger partial charge in [-0.3, -0.25) is 62.3 Å². The van der Waals surface area contributed by atoms with Crippen LogP contribution in [0.1, 0.15) is 138 Å². The molecule has 13 amide bonds. The molecule has 93 heavy (non-hydrogen) atoms. The fraction of sp³-hybridized carbons (Fsp3) is 0.617. The summed E-state index contributed by atoms with van der Waals surface area (Å²) in [5.74, 6) is -16.9. The van der Waals surface area contributed by atoms with Crippen molar-refractivity contribution in [1.82, 2.24) is 57.7 Å². The first-order valence-electron chi connectivity index (χ1n) is 31.2. The number of carbonyl (C=O) groups excluding carboxylic acids is 15. The third kappa shape index (κ3) is 25.4. The second-order valence-corrected chi connectivity index (χ2v) is 24.2. The Morgan fingerprint density at radius 1 is 0.602 bits per heavy atom. The summed E-state index contributed by atoms with van der Waals surface area (Å²) < 4.78 is 0. The molecular formula is C60H94N16O17. The van der Waals surface area contributed by atoms with E-state index < -0.39 is 206 Å². The summed E-state index contributed by atoms with van der Waals surface area (Å²) in [6, 6.07) is -9.16. The largest absolute Gasteiger partial charge is 0.550 e. The minimum absolute atomic E-state index is 0.00755. The van der Waals surface area contributed by atoms with Gasteiger partial charge < -0.3 is 106 Å². The summed E-state index contributed by atoms with van der Waals surface area (Å²) in [6.07, 6.45) is -0.709. The molecule has 1 aliphatic rings. The number of primary amides is 3. The number of benzene rings is 1. The Hall–Kier alpha value is -9.27. The average molecular weight is 1310 g/mol. The number of carbonyl (C=O) groups is 15. The Balaban J connectivity index is 1.91. The van der Waals surface area contributed by atoms with Crippen molar-refractivity contribution in [2.75, 3.05) is 13.1 Å². The molecule has 2 aromatic rings. The molecule has 1 aromatic heterocycles. The number of nitrogens with zero attached hydrogens (tertiary/aromatic N) is 1. The van der Waals surface area contributed by atoms with Crippen LogP contribution in [-0.4, -0.2) is 178 Å². The Morgan fingerprint density at radius 3 is 1.69 bits per heavy atom. The number of hydrogen-bond acceptors (Lipinski definition) is 17. The normalized spacial score (nSPS) is 16.5. The lowest BCUT2D eigenvalue weighted by Crippen LogP contribution is -2.69. The topological polar surface area (TPSA) is 563 Å². The standard InChI is InChI=1S/C60H94N16O17/c1-8-31(6)49(60(92)93)75-54(86)39(19-21-47(80)81)69-52(84)38(18-20-44(63)77)70-56(88)40(25-33-28-66-36-15-10-9-14-34(33)36)72-58(90)48(30(4)5)74-53(85)37(16-11-12-22-61)68-50(82)32(7)67-55(87)41(26-45(64)78)71-57(89)43-17-13-23-76(43)59(91)42(27-46(65)79)73-51(83)35(62)24-29(2)3/h9-10,14-15,28-32,35,37-43,48-49,66H,8,11-13,16-27,61-62H2,1-7H3,(H2,63,77)(H2,64,78)(H2,65,79)(H,67,87)(H,68,82)(H,69,84)(H,70,88)(H,71,89)(H,72,90)(H,73,83)(H,74,85)(H,75,86)(H,80,81)(H,92,93)/t31-,32-,35-,37-,38-,39-,40-,41-,42-,43-,48-,49-/m0/s1. The van der Waals surface area contributed by atoms with Crippen LogP contribution in [0.2, 0.25) is 0 Å². The van der Waals surface area contributed by atoms with E-state index in [9.17, 15) is 82.1 Å². The fourth-order valence-corrected chi connectivity index (χ4v) is 10.4. The average Bonchev–Trinajstić information content (AvgIpc) is 1.77. The summed E-state index contributed by atoms with van der Waals surface area (Å²) in [7, 11) is 0. The summed E-state index contributed by atoms with van der Waals surface area (Å²) >= 11 is 0. The maximum atomic E-state index is 14.6. The van der Waals surface area contributed by atoms with Crippen molar-refractivity contribution < 1.29 is 93.6 Å². The molecule has 1 aromatic carbocycles. The molecule has 0 bridgehead atoms. The van der Waals surface area contributed by atoms with Crippen LogP contribution < -0.4 is 86.7 Å². The van der Waals surface area contributed by atoms with Crippen molar-refractivity contribution in [2.24, 2.45) is 35.0 Å². The zero-order valence-electron chi connectivity index (χ0n) is 53.8. The van der Waals surface area contributed by atoms with E-state index in [0.717, 1.165) is 4.90 Å². The molecule has 2 heterocycles. The number of amides is 13. The number of aromatic nitrogens is 1. The SMILES string of the molecule is CC[C@H](C)[C@H](NC(=O)[C@H](CCC(=O)[O-])NC(=O)[C@H](CCC(N)=O)NC(=O)[C@H](Cc1c[nH]c2ccccc12)NC(=O)[C@@H](NC(=O)[C@H](CCCC[NH3+])NC(=O)[C@H](C)NC(=O)[C@H](CC(N)=O)NC(=O)[C@@H]1CCCN1C(=O)[C@H](CC(N)=O)NC(=O)[C@@H]([NH3+])CC(C)C)C(C)C)C(=O)[O-]. The Bertz CT molecular complexity index is 3010. The number of rotatable bonds is 41. The Morgan fingerprint density at radius 2 is 1.13 bits per heavy atom. The van der Waals surface area contributed by atoms with Gasteiger partial charge in [0.1, 0.15) is 54.4 Å². The molecular weight excluding hydrogens is 1220 g/mol. The molecule has 0 saturated carbocycles. The van der Waals surface area contributed by atoms with Crippen molar-refractivity contribution in [2.45, 2.75) is 205 Å². The number of para-hydroxylation sites is 1. The number of fused-ring (bicyclic) bond motifs is 1. The number of carboxylic acid groups (broad SMARTS) is 2. The zero-order chi connectivity index (χ0) is 70.0. The number of unbranched alkanes of at least 4 members (excludes halogenated alkanes) is 1. The van der Waals surface area contributed by atoms with Crippen molar-refractivity contribution >= 4 is 99.6 Å². The molecule has 0 spiro atoms. The predicted molar refractivity (Wildman–Crippen MR) is 327 cm³/mol. The van der Waals surface area contributed by atoms with Crippen LogP contribution in [0.15, 0.2) is 30.5 Å². The van der Waals surface area contributed by atoms with Gasteiger partial charge in [-0.2, -0.15) is 0 Å². The number of quaternary nitrogens is 2. The number of likely N-dealkylation sites (tertiary alicyclic amines) is 1. The zero-order valence-corrected chi connectivity index (χ0v) is 53.8. The molecule has 33 heteroatoms. The summed E-state index contributed by atoms with van der Waals surface area (Å²) in [5.41, 5.74) is 25.2. The maximum absolute atomic E-state index is 14.6. The summed E-state index contributed by atoms with van der Waals surface area (Å²) in [4.78, 5) is 204. The van der Waals surface area contributed by atoms with Crippen LogP contribution >= 0.6 is 0 Å². The van der Waals surface area contributed by atoms with E-state index in [1.807, 2.05) is 13.8 Å². The minimum Gasteiger partial charge on any atom is -0.550 e. The van der Waals surface area contributed by atoms with E-state index in [2.05, 4.69) is 64.3 Å². The smallest absolute Gasteiger partial charge is 0.278 e. The van der Waals surface area contributed by atoms with Crippen molar-refractivity contribution in [3.63, 3.8) is 0 Å². The van der Waals surface area contributed by atoms with E-state index in [-0.39, 0.29) is 44.6 Å². The number of nitrogens with one attached hydrogen (secondary N) is 10. The summed E-state index contributed by atoms with van der Waals surface area (Å²) in [6.45, 7) is 11.7. The first-order chi connectivity index (χ1) is 43.7. The quantitative estimate of drug-likeness (QED) is 0.0275. The molecule has 0 aliphatic carbocycles. The molecule has 12 atom stereocenters. The highest BCUT2D eigenvalue weighted by Crippen LogP contribution is 2.22. The van der Waals surface area contributed by atoms with Crippen molar-refractivity contribution in [3.05, 3.63) is 36.0 Å². The molecule has 33 nitrogen and oxygen atoms in total. The van der Waals surface area contributed by atoms with E-state index in [4.69, 9.17) is 17.2 Å². The summed E-state index contributed by atoms with van der Waals surface area (Å²) in [5, 5.41) is 46.5. The number of nitrogens with two attached hydrogens (primary N) is 3. The molecule has 22 N–H and O–H groups in total. The van der Waals surface area contributed by atoms with Crippen molar-refractivity contribution in [3.8, 4) is 0 Å². The lowest BCUT2D eigenvalue weighted by atomic mass is 9.98. The molecule has 0 radical (unpaired) electrons. The Labute approximate surface area is 538 Å². The van der Waals surface area contributed by atoms with Gasteiger partial charge in [0.05, 0.1) is 31.4 Å². The van der Waals surface area contributed by atoms with Gasteiger partial charge in [-0.15, -0.1) is 0 Å². The Kier molecular flexibility index (Phi) is 31.8. The number of aromatic amines is 1. The number of H-pyrrole nitrogens is 1. The van der Waals surface area contributed by atoms with Gasteiger partial charge in [0.25, 0.3) is 5.91 Å². The second kappa shape index (κ2) is 37.9. The molecule has 1 aliphatic heterocycles. The maximum Gasteiger partial charge on any atom is 0.278 e. The molecule has 1 saturated heterocycles. The van der Waals surface area contributed by atoms with Gasteiger partial charge in [0.15, 0.2) is 6.04 Å². The van der Waals surface area contributed by atoms with Gasteiger partial charge >= 0.3 is 0 Å². The third-order valence-corrected chi connectivity index (χ3v) is 15.7. The van der Waals surface area contributed by atoms with Crippen LogP contribution in [0.3, 0.4) is 0 Å². The van der Waals surface area contributed by atoms with E-state index in [1.165, 1.54) is 13.8 Å². The van der Waals surface area contributed by atoms with Gasteiger partial charge in [0.2, 0.25) is 70.9 Å². The first kappa shape index (κ1) is 78.0. The third-order valence-electron chi connectivity index (χ3n) is 15.7. The van der Waals surface area contributed by atoms with Crippen LogP contribution in [0, 0.1) is 17.8 Å². The fourth-order valence-electron chi connectivity index (χ4n) is 10.4. The predicted octanol–water partition coefficient (Wildman–Crippen LogP) is -7.85. The van der Waals surface area contributed by atoms with Gasteiger partial charge in [-0.05, 0) is 87.7 Å². The van der Waals surface area contributed by atoms with Gasteiger partial charge in [-0.25, -0.2) is 0 Å². The van der Waals surface area contributed by atoms with Crippen LogP contribution in [0.25, 0.3) is 10.9 Å². The minimum atomic E-state index is -1.72. The second-order valence-electron chi connectivity index (χ2n) is 24.2. The molecule has 3 rings (SSSR count). The highest BCUT2D eigenvalue weighted by atomic mass is 16.4. The number of aliphatic carboxylic acids is 2. The molecule has 516 valence electrons. The van der Waals surface area contributed by atoms with Crippen LogP contribution in [0.4, 0.5) is 0 Å². The van der Waals surface area contributed by atoms with Gasteiger partial charge in [-0.1, -0.05) is 66.2 Å². The molecule has 0 unspecified atom stereocenters. The van der Waals surface area contributed by atoms with Crippen LogP contribution in [-0.2, 0) is 78.3 Å².